The predicted octanol–water partition coefficient (Wildman–Crippen LogP) is 3.15. The number of rotatable bonds is 1. The van der Waals surface area contributed by atoms with Gasteiger partial charge in [0.2, 0.25) is 0 Å². The number of hydrogen-bond donors (Lipinski definition) is 1. The van der Waals surface area contributed by atoms with Gasteiger partial charge in [-0.2, -0.15) is 0 Å². The molecule has 1 aliphatic heterocycles. The second-order valence-electron chi connectivity index (χ2n) is 5.05. The van der Waals surface area contributed by atoms with Gasteiger partial charge in [-0.1, -0.05) is 24.6 Å². The van der Waals surface area contributed by atoms with Crippen molar-refractivity contribution in [3.63, 3.8) is 0 Å². The Morgan fingerprint density at radius 1 is 1.38 bits per heavy atom. The van der Waals surface area contributed by atoms with E-state index in [1.807, 2.05) is 6.07 Å². The first-order valence-electron chi connectivity index (χ1n) is 5.24. The molecule has 1 saturated heterocycles. The van der Waals surface area contributed by atoms with Crippen LogP contribution in [0.15, 0.2) is 18.2 Å². The lowest BCUT2D eigenvalue weighted by Gasteiger charge is -2.16. The van der Waals surface area contributed by atoms with Crippen molar-refractivity contribution < 1.29 is 4.39 Å². The molecule has 1 aromatic carbocycles. The zero-order valence-corrected chi connectivity index (χ0v) is 10.6. The molecule has 4 heteroatoms. The van der Waals surface area contributed by atoms with Crippen LogP contribution in [0.3, 0.4) is 0 Å². The second kappa shape index (κ2) is 3.59. The van der Waals surface area contributed by atoms with Crippen molar-refractivity contribution in [2.45, 2.75) is 18.8 Å². The molecule has 2 atom stereocenters. The van der Waals surface area contributed by atoms with Crippen molar-refractivity contribution >= 4 is 24.0 Å². The fraction of sp³-hybridized carbons (Fsp3) is 0.500. The Morgan fingerprint density at radius 3 is 2.62 bits per heavy atom. The summed E-state index contributed by atoms with van der Waals surface area (Å²) in [5.74, 6) is -0.256. The van der Waals surface area contributed by atoms with Crippen molar-refractivity contribution in [2.24, 2.45) is 5.41 Å². The van der Waals surface area contributed by atoms with E-state index in [1.165, 1.54) is 18.6 Å². The Bertz CT molecular complexity index is 433. The van der Waals surface area contributed by atoms with Gasteiger partial charge in [-0.25, -0.2) is 4.39 Å². The number of nitrogens with one attached hydrogen (secondary N) is 1. The molecule has 1 nitrogen and oxygen atoms in total. The monoisotopic (exact) mass is 261 g/mol. The zero-order valence-electron chi connectivity index (χ0n) is 9.02. The molecule has 16 heavy (non-hydrogen) atoms. The van der Waals surface area contributed by atoms with Gasteiger partial charge in [-0.3, -0.25) is 0 Å². The first-order valence-corrected chi connectivity index (χ1v) is 5.62. The van der Waals surface area contributed by atoms with Gasteiger partial charge in [0.05, 0.1) is 0 Å². The molecule has 0 amide bonds. The van der Waals surface area contributed by atoms with Crippen LogP contribution in [0.2, 0.25) is 5.02 Å². The third-order valence-electron chi connectivity index (χ3n) is 4.11. The fourth-order valence-corrected chi connectivity index (χ4v) is 3.42. The van der Waals surface area contributed by atoms with Crippen molar-refractivity contribution in [3.05, 3.63) is 34.6 Å². The largest absolute Gasteiger partial charge is 0.315 e. The third kappa shape index (κ3) is 1.40. The van der Waals surface area contributed by atoms with Crippen LogP contribution in [0.25, 0.3) is 0 Å². The zero-order chi connectivity index (χ0) is 10.7. The van der Waals surface area contributed by atoms with Gasteiger partial charge in [-0.05, 0) is 29.5 Å². The van der Waals surface area contributed by atoms with Crippen molar-refractivity contribution in [2.75, 3.05) is 13.1 Å². The molecule has 0 spiro atoms. The maximum absolute atomic E-state index is 13.0. The lowest BCUT2D eigenvalue weighted by atomic mass is 9.90. The van der Waals surface area contributed by atoms with E-state index in [-0.39, 0.29) is 23.6 Å². The van der Waals surface area contributed by atoms with Crippen LogP contribution in [0.1, 0.15) is 18.9 Å². The summed E-state index contributed by atoms with van der Waals surface area (Å²) in [7, 11) is 0. The highest BCUT2D eigenvalue weighted by atomic mass is 35.5. The molecule has 0 aromatic heterocycles. The van der Waals surface area contributed by atoms with E-state index in [1.54, 1.807) is 0 Å². The maximum atomic E-state index is 13.0. The lowest BCUT2D eigenvalue weighted by Crippen LogP contribution is -2.19. The first kappa shape index (κ1) is 12.2. The van der Waals surface area contributed by atoms with Crippen molar-refractivity contribution in [1.29, 1.82) is 0 Å². The van der Waals surface area contributed by atoms with E-state index in [4.69, 9.17) is 11.6 Å². The molecule has 88 valence electrons. The highest BCUT2D eigenvalue weighted by Gasteiger charge is 2.68. The summed E-state index contributed by atoms with van der Waals surface area (Å²) in [5, 5.41) is 3.96. The van der Waals surface area contributed by atoms with Gasteiger partial charge >= 0.3 is 0 Å². The number of fused-ring (bicyclic) bond motifs is 1. The minimum Gasteiger partial charge on any atom is -0.315 e. The molecular formula is C12H14Cl2FN. The topological polar surface area (TPSA) is 12.0 Å². The summed E-state index contributed by atoms with van der Waals surface area (Å²) in [5.41, 5.74) is 1.60. The summed E-state index contributed by atoms with van der Waals surface area (Å²) in [6.45, 7) is 4.28. The Hall–Kier alpha value is -0.310. The quantitative estimate of drug-likeness (QED) is 0.819. The molecule has 1 heterocycles. The minimum atomic E-state index is -0.256. The molecule has 2 aliphatic rings. The highest BCUT2D eigenvalue weighted by Crippen LogP contribution is 2.67. The molecule has 1 saturated carbocycles. The normalized spacial score (nSPS) is 35.4. The molecule has 3 rings (SSSR count). The van der Waals surface area contributed by atoms with Gasteiger partial charge < -0.3 is 5.32 Å². The van der Waals surface area contributed by atoms with Crippen molar-refractivity contribution in [1.82, 2.24) is 5.32 Å². The summed E-state index contributed by atoms with van der Waals surface area (Å²) >= 11 is 6.12. The van der Waals surface area contributed by atoms with Crippen LogP contribution < -0.4 is 5.32 Å². The highest BCUT2D eigenvalue weighted by molar-refractivity contribution is 6.31. The van der Waals surface area contributed by atoms with Gasteiger partial charge in [0, 0.05) is 23.5 Å². The van der Waals surface area contributed by atoms with E-state index in [0.717, 1.165) is 18.7 Å². The van der Waals surface area contributed by atoms with Gasteiger partial charge in [0.15, 0.2) is 0 Å². The predicted molar refractivity (Wildman–Crippen MR) is 65.9 cm³/mol. The molecule has 1 N–H and O–H groups in total. The maximum Gasteiger partial charge on any atom is 0.124 e. The van der Waals surface area contributed by atoms with Crippen LogP contribution >= 0.6 is 24.0 Å². The number of benzene rings is 1. The van der Waals surface area contributed by atoms with Gasteiger partial charge in [0.1, 0.15) is 5.82 Å². The third-order valence-corrected chi connectivity index (χ3v) is 4.42. The van der Waals surface area contributed by atoms with E-state index < -0.39 is 0 Å². The Kier molecular flexibility index (Phi) is 2.73. The molecule has 0 unspecified atom stereocenters. The Morgan fingerprint density at radius 2 is 2.12 bits per heavy atom. The average Bonchev–Trinajstić information content (AvgIpc) is 2.60. The second-order valence-corrected chi connectivity index (χ2v) is 5.45. The summed E-state index contributed by atoms with van der Waals surface area (Å²) in [6.07, 6.45) is 1.17. The van der Waals surface area contributed by atoms with Crippen LogP contribution in [0, 0.1) is 11.2 Å². The Balaban J connectivity index is 0.000000963. The van der Waals surface area contributed by atoms with Crippen molar-refractivity contribution in [3.8, 4) is 0 Å². The molecule has 0 radical (unpaired) electrons. The molecular weight excluding hydrogens is 248 g/mol. The summed E-state index contributed by atoms with van der Waals surface area (Å²) in [4.78, 5) is 0. The van der Waals surface area contributed by atoms with E-state index >= 15 is 0 Å². The molecule has 1 aromatic rings. The standard InChI is InChI=1S/C12H13ClFN.ClH/c1-11-5-12(11,7-15-6-11)9-3-2-8(14)4-10(9)13;/h2-4,15H,5-7H2,1H3;1H/t11-,12+;/m0./s1. The van der Waals surface area contributed by atoms with Crippen LogP contribution in [0.5, 0.6) is 0 Å². The van der Waals surface area contributed by atoms with E-state index in [0.29, 0.717) is 10.4 Å². The van der Waals surface area contributed by atoms with Crippen LogP contribution in [0.4, 0.5) is 4.39 Å². The molecule has 2 fully saturated rings. The van der Waals surface area contributed by atoms with E-state index in [9.17, 15) is 4.39 Å². The smallest absolute Gasteiger partial charge is 0.124 e. The lowest BCUT2D eigenvalue weighted by molar-refractivity contribution is 0.553. The molecule has 0 bridgehead atoms. The van der Waals surface area contributed by atoms with Gasteiger partial charge in [0.25, 0.3) is 0 Å². The summed E-state index contributed by atoms with van der Waals surface area (Å²) in [6, 6.07) is 4.77. The molecule has 1 aliphatic carbocycles. The van der Waals surface area contributed by atoms with Gasteiger partial charge in [-0.15, -0.1) is 12.4 Å². The number of halogens is 3. The summed E-state index contributed by atoms with van der Waals surface area (Å²) < 4.78 is 13.0. The first-order chi connectivity index (χ1) is 7.07. The number of hydrogen-bond acceptors (Lipinski definition) is 1. The minimum absolute atomic E-state index is 0. The SMILES string of the molecule is C[C@]12CNC[C@@]1(c1ccc(F)cc1Cl)C2.Cl. The Labute approximate surface area is 106 Å². The fourth-order valence-electron chi connectivity index (χ4n) is 3.07. The van der Waals surface area contributed by atoms with E-state index in [2.05, 4.69) is 12.2 Å². The van der Waals surface area contributed by atoms with Crippen LogP contribution in [-0.4, -0.2) is 13.1 Å². The number of piperidine rings is 1. The van der Waals surface area contributed by atoms with Crippen LogP contribution in [-0.2, 0) is 5.41 Å². The average molecular weight is 262 g/mol.